The van der Waals surface area contributed by atoms with Gasteiger partial charge in [-0.2, -0.15) is 0 Å². The molecule has 0 heterocycles. The van der Waals surface area contributed by atoms with E-state index in [1.807, 2.05) is 12.2 Å². The Morgan fingerprint density at radius 1 is 0.837 bits per heavy atom. The molecular weight excluding hydrogens is 651 g/mol. The van der Waals surface area contributed by atoms with Crippen LogP contribution in [0.25, 0.3) is 0 Å². The van der Waals surface area contributed by atoms with Crippen molar-refractivity contribution in [2.75, 3.05) is 13.2 Å². The van der Waals surface area contributed by atoms with Gasteiger partial charge in [0.1, 0.15) is 12.4 Å². The average molecular weight is 717 g/mol. The minimum atomic E-state index is -4.81. The first kappa shape index (κ1) is 45.1. The molecule has 49 heavy (non-hydrogen) atoms. The number of aliphatic hydroxyl groups is 2. The molecule has 0 saturated heterocycles. The zero-order valence-corrected chi connectivity index (χ0v) is 30.9. The van der Waals surface area contributed by atoms with Gasteiger partial charge in [-0.25, -0.2) is 4.57 Å². The number of esters is 2. The molecule has 284 valence electrons. The van der Waals surface area contributed by atoms with Crippen molar-refractivity contribution in [1.29, 1.82) is 0 Å². The van der Waals surface area contributed by atoms with E-state index in [4.69, 9.17) is 19.3 Å². The molecule has 0 radical (unpaired) electrons. The maximum atomic E-state index is 12.4. The van der Waals surface area contributed by atoms with Crippen LogP contribution < -0.4 is 0 Å². The predicted octanol–water partition coefficient (Wildman–Crippen LogP) is 7.43. The summed E-state index contributed by atoms with van der Waals surface area (Å²) in [7, 11) is -4.81. The molecular formula is C37H65O11P. The number of allylic oxidation sites excluding steroid dienone is 3. The summed E-state index contributed by atoms with van der Waals surface area (Å²) in [6.07, 6.45) is 22.8. The van der Waals surface area contributed by atoms with Crippen molar-refractivity contribution in [2.24, 2.45) is 11.8 Å². The number of unbranched alkanes of at least 4 members (excludes halogenated alkanes) is 13. The Hall–Kier alpha value is -1.88. The van der Waals surface area contributed by atoms with Gasteiger partial charge in [-0.1, -0.05) is 122 Å². The van der Waals surface area contributed by atoms with Gasteiger partial charge in [-0.3, -0.25) is 18.9 Å². The highest BCUT2D eigenvalue weighted by Crippen LogP contribution is 2.36. The van der Waals surface area contributed by atoms with E-state index < -0.39 is 50.6 Å². The van der Waals surface area contributed by atoms with Gasteiger partial charge in [0.25, 0.3) is 0 Å². The summed E-state index contributed by atoms with van der Waals surface area (Å²) < 4.78 is 26.2. The van der Waals surface area contributed by atoms with Crippen LogP contribution >= 0.6 is 7.82 Å². The van der Waals surface area contributed by atoms with E-state index in [-0.39, 0.29) is 37.6 Å². The first-order valence-corrected chi connectivity index (χ1v) is 20.3. The first-order chi connectivity index (χ1) is 23.5. The number of Topliss-reactive ketones (excluding diaryl/α,β-unsaturated/α-hetero) is 1. The summed E-state index contributed by atoms with van der Waals surface area (Å²) in [6, 6.07) is 0. The molecule has 1 aliphatic rings. The lowest BCUT2D eigenvalue weighted by atomic mass is 9.90. The maximum Gasteiger partial charge on any atom is 0.469 e. The second-order valence-electron chi connectivity index (χ2n) is 13.3. The number of hydrogen-bond acceptors (Lipinski definition) is 9. The fourth-order valence-electron chi connectivity index (χ4n) is 5.94. The van der Waals surface area contributed by atoms with Crippen LogP contribution in [0, 0.1) is 11.8 Å². The molecule has 1 saturated carbocycles. The summed E-state index contributed by atoms with van der Waals surface area (Å²) >= 11 is 0. The molecule has 0 aromatic carbocycles. The normalized spacial score (nSPS) is 19.6. The van der Waals surface area contributed by atoms with Crippen LogP contribution in [0.15, 0.2) is 24.3 Å². The molecule has 0 aliphatic heterocycles. The summed E-state index contributed by atoms with van der Waals surface area (Å²) in [6.45, 7) is 3.32. The lowest BCUT2D eigenvalue weighted by Crippen LogP contribution is -2.29. The Kier molecular flexibility index (Phi) is 25.6. The second-order valence-corrected chi connectivity index (χ2v) is 14.6. The minimum Gasteiger partial charge on any atom is -0.462 e. The zero-order chi connectivity index (χ0) is 36.3. The third kappa shape index (κ3) is 24.0. The molecule has 11 nitrogen and oxygen atoms in total. The molecule has 0 bridgehead atoms. The molecule has 0 aromatic heterocycles. The van der Waals surface area contributed by atoms with Gasteiger partial charge >= 0.3 is 19.8 Å². The van der Waals surface area contributed by atoms with Gasteiger partial charge in [0.15, 0.2) is 6.10 Å². The molecule has 5 atom stereocenters. The van der Waals surface area contributed by atoms with E-state index in [9.17, 15) is 29.2 Å². The minimum absolute atomic E-state index is 0.0325. The third-order valence-electron chi connectivity index (χ3n) is 8.85. The van der Waals surface area contributed by atoms with Crippen LogP contribution in [0.3, 0.4) is 0 Å². The van der Waals surface area contributed by atoms with E-state index in [1.54, 1.807) is 12.2 Å². The molecule has 0 amide bonds. The Balaban J connectivity index is 2.36. The molecule has 4 N–H and O–H groups in total. The number of aliphatic hydroxyl groups excluding tert-OH is 2. The second kappa shape index (κ2) is 27.8. The van der Waals surface area contributed by atoms with Crippen molar-refractivity contribution in [3.05, 3.63) is 24.3 Å². The van der Waals surface area contributed by atoms with Crippen molar-refractivity contribution < 1.29 is 52.9 Å². The highest BCUT2D eigenvalue weighted by molar-refractivity contribution is 7.46. The Morgan fingerprint density at radius 2 is 1.43 bits per heavy atom. The highest BCUT2D eigenvalue weighted by atomic mass is 31.2. The molecule has 0 spiro atoms. The molecule has 1 aliphatic carbocycles. The molecule has 0 aromatic rings. The lowest BCUT2D eigenvalue weighted by Gasteiger charge is -2.18. The first-order valence-electron chi connectivity index (χ1n) is 18.7. The molecule has 1 fully saturated rings. The quantitative estimate of drug-likeness (QED) is 0.0252. The van der Waals surface area contributed by atoms with Crippen molar-refractivity contribution in [3.8, 4) is 0 Å². The Labute approximate surface area is 294 Å². The van der Waals surface area contributed by atoms with Crippen molar-refractivity contribution in [2.45, 2.75) is 167 Å². The van der Waals surface area contributed by atoms with Gasteiger partial charge in [0.2, 0.25) is 0 Å². The topological polar surface area (TPSA) is 177 Å². The summed E-state index contributed by atoms with van der Waals surface area (Å²) in [5, 5.41) is 20.6. The van der Waals surface area contributed by atoms with Crippen molar-refractivity contribution >= 4 is 25.5 Å². The molecule has 1 rings (SSSR count). The number of carbonyl (C=O) groups is 3. The van der Waals surface area contributed by atoms with Gasteiger partial charge in [-0.05, 0) is 32.1 Å². The lowest BCUT2D eigenvalue weighted by molar-refractivity contribution is -0.161. The number of ether oxygens (including phenoxy) is 2. The van der Waals surface area contributed by atoms with Crippen LogP contribution in [0.2, 0.25) is 0 Å². The van der Waals surface area contributed by atoms with E-state index >= 15 is 0 Å². The fourth-order valence-corrected chi connectivity index (χ4v) is 6.30. The Bertz CT molecular complexity index is 1010. The standard InChI is InChI=1S/C37H65O11P/c1-3-5-7-8-9-10-11-12-13-14-20-24-37(42)48-31(29-47-49(43,44)45)28-46-36(41)23-19-16-15-18-22-32-33(35(40)27-34(32)39)26-25-30(38)21-17-6-4-2/h15,18,25-26,30-34,38-39H,3-14,16-17,19-24,27-29H2,1-2H3,(H2,43,44,45)/b18-15-,26-25+/t30-,31+,32+,33+,34-/m0/s1. The number of phosphoric acid groups is 1. The average Bonchev–Trinajstić information content (AvgIpc) is 3.32. The predicted molar refractivity (Wildman–Crippen MR) is 189 cm³/mol. The van der Waals surface area contributed by atoms with Crippen molar-refractivity contribution in [1.82, 2.24) is 0 Å². The van der Waals surface area contributed by atoms with E-state index in [0.29, 0.717) is 32.1 Å². The number of carbonyl (C=O) groups excluding carboxylic acids is 3. The maximum absolute atomic E-state index is 12.4. The van der Waals surface area contributed by atoms with Crippen LogP contribution in [-0.2, 0) is 32.9 Å². The van der Waals surface area contributed by atoms with Crippen LogP contribution in [0.4, 0.5) is 0 Å². The third-order valence-corrected chi connectivity index (χ3v) is 9.34. The van der Waals surface area contributed by atoms with Crippen LogP contribution in [0.1, 0.15) is 149 Å². The number of rotatable bonds is 30. The largest absolute Gasteiger partial charge is 0.469 e. The van der Waals surface area contributed by atoms with E-state index in [2.05, 4.69) is 18.4 Å². The summed E-state index contributed by atoms with van der Waals surface area (Å²) in [5.74, 6) is -1.82. The highest BCUT2D eigenvalue weighted by Gasteiger charge is 2.39. The molecule has 12 heteroatoms. The SMILES string of the molecule is CCCCCCCCCCCCCC(=O)O[C@H](COC(=O)CCC/C=C\C[C@H]1[C@@H](O)CC(=O)[C@@H]1/C=C/[C@@H](O)CCCCC)COP(=O)(O)O. The van der Waals surface area contributed by atoms with Gasteiger partial charge in [-0.15, -0.1) is 0 Å². The number of ketones is 1. The van der Waals surface area contributed by atoms with Gasteiger partial charge in [0, 0.05) is 31.1 Å². The number of hydrogen-bond donors (Lipinski definition) is 4. The Morgan fingerprint density at radius 3 is 2.06 bits per heavy atom. The van der Waals surface area contributed by atoms with Crippen LogP contribution in [-0.4, -0.2) is 69.2 Å². The van der Waals surface area contributed by atoms with Crippen molar-refractivity contribution in [3.63, 3.8) is 0 Å². The van der Waals surface area contributed by atoms with E-state index in [0.717, 1.165) is 38.5 Å². The fraction of sp³-hybridized carbons (Fsp3) is 0.811. The van der Waals surface area contributed by atoms with Crippen LogP contribution in [0.5, 0.6) is 0 Å². The molecule has 0 unspecified atom stereocenters. The monoisotopic (exact) mass is 716 g/mol. The summed E-state index contributed by atoms with van der Waals surface area (Å²) in [5.41, 5.74) is 0. The number of phosphoric ester groups is 1. The van der Waals surface area contributed by atoms with E-state index in [1.165, 1.54) is 44.9 Å². The van der Waals surface area contributed by atoms with Gasteiger partial charge < -0.3 is 29.5 Å². The summed E-state index contributed by atoms with van der Waals surface area (Å²) in [4.78, 5) is 55.2. The van der Waals surface area contributed by atoms with Gasteiger partial charge in [0.05, 0.1) is 18.8 Å². The smallest absolute Gasteiger partial charge is 0.462 e. The zero-order valence-electron chi connectivity index (χ0n) is 30.1.